The highest BCUT2D eigenvalue weighted by Crippen LogP contribution is 2.37. The second-order valence-electron chi connectivity index (χ2n) is 3.96. The molecule has 0 unspecified atom stereocenters. The molecule has 0 aliphatic heterocycles. The van der Waals surface area contributed by atoms with Crippen LogP contribution in [-0.2, 0) is 9.53 Å². The number of hydrogen-bond donors (Lipinski definition) is 3. The van der Waals surface area contributed by atoms with Gasteiger partial charge >= 0.3 is 5.97 Å². The van der Waals surface area contributed by atoms with Crippen LogP contribution in [0.1, 0.15) is 10.4 Å². The Morgan fingerprint density at radius 3 is 2.10 bits per heavy atom. The van der Waals surface area contributed by atoms with Crippen LogP contribution in [0, 0.1) is 0 Å². The van der Waals surface area contributed by atoms with Gasteiger partial charge in [-0.05, 0) is 12.1 Å². The van der Waals surface area contributed by atoms with Crippen LogP contribution in [0.3, 0.4) is 0 Å². The number of methoxy groups -OCH3 is 3. The normalized spacial score (nSPS) is 11.4. The summed E-state index contributed by atoms with van der Waals surface area (Å²) in [6, 6.07) is 1.37. The van der Waals surface area contributed by atoms with Crippen LogP contribution < -0.4 is 14.8 Å². The van der Waals surface area contributed by atoms with E-state index >= 15 is 0 Å². The van der Waals surface area contributed by atoms with Crippen LogP contribution >= 0.6 is 0 Å². The van der Waals surface area contributed by atoms with Crippen LogP contribution in [0.5, 0.6) is 17.2 Å². The second kappa shape index (κ2) is 7.34. The lowest BCUT2D eigenvalue weighted by Crippen LogP contribution is -2.44. The quantitative estimate of drug-likeness (QED) is 0.616. The lowest BCUT2D eigenvalue weighted by atomic mass is 10.1. The Morgan fingerprint density at radius 1 is 1.19 bits per heavy atom. The van der Waals surface area contributed by atoms with Crippen molar-refractivity contribution in [2.45, 2.75) is 6.04 Å². The molecule has 8 heteroatoms. The number of aromatic hydroxyl groups is 1. The molecule has 1 rings (SSSR count). The van der Waals surface area contributed by atoms with Gasteiger partial charge in [-0.3, -0.25) is 4.79 Å². The first-order chi connectivity index (χ1) is 9.98. The minimum atomic E-state index is -1.19. The number of amides is 1. The summed E-state index contributed by atoms with van der Waals surface area (Å²) in [5.74, 6) is -1.60. The van der Waals surface area contributed by atoms with Gasteiger partial charge in [0.15, 0.2) is 17.5 Å². The van der Waals surface area contributed by atoms with E-state index in [0.717, 1.165) is 7.11 Å². The Bertz CT molecular complexity index is 504. The molecule has 0 aliphatic carbocycles. The lowest BCUT2D eigenvalue weighted by molar-refractivity contribution is -0.143. The SMILES string of the molecule is COC(=O)[C@H](CO)NC(=O)c1cc(OC)c(O)c(OC)c1. The monoisotopic (exact) mass is 299 g/mol. The molecule has 8 nitrogen and oxygen atoms in total. The molecule has 116 valence electrons. The highest BCUT2D eigenvalue weighted by atomic mass is 16.5. The van der Waals surface area contributed by atoms with Gasteiger partial charge in [0.25, 0.3) is 5.91 Å². The van der Waals surface area contributed by atoms with Gasteiger partial charge in [-0.15, -0.1) is 0 Å². The third-order valence-electron chi connectivity index (χ3n) is 2.72. The molecule has 0 aromatic heterocycles. The van der Waals surface area contributed by atoms with E-state index < -0.39 is 24.5 Å². The Balaban J connectivity index is 3.04. The van der Waals surface area contributed by atoms with Gasteiger partial charge in [0.2, 0.25) is 5.75 Å². The summed E-state index contributed by atoms with van der Waals surface area (Å²) in [5, 5.41) is 21.1. The van der Waals surface area contributed by atoms with Gasteiger partial charge in [0.1, 0.15) is 0 Å². The maximum atomic E-state index is 12.1. The number of phenols is 1. The number of carbonyl (C=O) groups is 2. The minimum Gasteiger partial charge on any atom is -0.502 e. The fourth-order valence-electron chi connectivity index (χ4n) is 1.59. The summed E-state index contributed by atoms with van der Waals surface area (Å²) in [5.41, 5.74) is 0.0869. The van der Waals surface area contributed by atoms with Crippen molar-refractivity contribution in [3.8, 4) is 17.2 Å². The van der Waals surface area contributed by atoms with Crippen LogP contribution in [0.2, 0.25) is 0 Å². The van der Waals surface area contributed by atoms with Crippen molar-refractivity contribution in [1.82, 2.24) is 5.32 Å². The van der Waals surface area contributed by atoms with E-state index in [0.29, 0.717) is 0 Å². The predicted molar refractivity (Wildman–Crippen MR) is 71.6 cm³/mol. The number of carbonyl (C=O) groups excluding carboxylic acids is 2. The van der Waals surface area contributed by atoms with Gasteiger partial charge in [-0.25, -0.2) is 4.79 Å². The molecule has 0 radical (unpaired) electrons. The summed E-state index contributed by atoms with van der Waals surface area (Å²) in [4.78, 5) is 23.4. The summed E-state index contributed by atoms with van der Waals surface area (Å²) < 4.78 is 14.3. The molecule has 0 saturated carbocycles. The number of nitrogens with one attached hydrogen (secondary N) is 1. The fourth-order valence-corrected chi connectivity index (χ4v) is 1.59. The van der Waals surface area contributed by atoms with Gasteiger partial charge in [-0.1, -0.05) is 0 Å². The summed E-state index contributed by atoms with van der Waals surface area (Å²) in [6.07, 6.45) is 0. The van der Waals surface area contributed by atoms with Crippen LogP contribution in [0.25, 0.3) is 0 Å². The van der Waals surface area contributed by atoms with E-state index in [2.05, 4.69) is 10.1 Å². The van der Waals surface area contributed by atoms with Gasteiger partial charge in [0.05, 0.1) is 27.9 Å². The topological polar surface area (TPSA) is 114 Å². The summed E-state index contributed by atoms with van der Waals surface area (Å²) in [7, 11) is 3.78. The van der Waals surface area contributed by atoms with Crippen molar-refractivity contribution in [1.29, 1.82) is 0 Å². The second-order valence-corrected chi connectivity index (χ2v) is 3.96. The molecular weight excluding hydrogens is 282 g/mol. The van der Waals surface area contributed by atoms with Crippen molar-refractivity contribution in [2.75, 3.05) is 27.9 Å². The molecule has 0 saturated heterocycles. The number of hydrogen-bond acceptors (Lipinski definition) is 7. The van der Waals surface area contributed by atoms with E-state index in [9.17, 15) is 14.7 Å². The molecule has 1 atom stereocenters. The summed E-state index contributed by atoms with van der Waals surface area (Å²) in [6.45, 7) is -0.606. The van der Waals surface area contributed by atoms with Gasteiger partial charge in [-0.2, -0.15) is 0 Å². The number of phenolic OH excluding ortho intramolecular Hbond substituents is 1. The molecule has 0 spiro atoms. The Kier molecular flexibility index (Phi) is 5.79. The predicted octanol–water partition coefficient (Wildman–Crippen LogP) is -0.327. The van der Waals surface area contributed by atoms with Crippen molar-refractivity contribution >= 4 is 11.9 Å². The number of benzene rings is 1. The molecule has 1 aromatic carbocycles. The zero-order chi connectivity index (χ0) is 16.0. The van der Waals surface area contributed by atoms with Crippen LogP contribution in [0.15, 0.2) is 12.1 Å². The zero-order valence-corrected chi connectivity index (χ0v) is 11.9. The average Bonchev–Trinajstić information content (AvgIpc) is 2.51. The fraction of sp³-hybridized carbons (Fsp3) is 0.385. The largest absolute Gasteiger partial charge is 0.502 e. The first-order valence-electron chi connectivity index (χ1n) is 5.93. The smallest absolute Gasteiger partial charge is 0.330 e. The molecule has 3 N–H and O–H groups in total. The van der Waals surface area contributed by atoms with Crippen LogP contribution in [-0.4, -0.2) is 56.1 Å². The Morgan fingerprint density at radius 2 is 1.71 bits per heavy atom. The van der Waals surface area contributed by atoms with E-state index in [1.165, 1.54) is 26.4 Å². The number of aliphatic hydroxyl groups is 1. The zero-order valence-electron chi connectivity index (χ0n) is 11.9. The molecule has 0 aliphatic rings. The number of aliphatic hydroxyl groups excluding tert-OH is 1. The standard InChI is InChI=1S/C13H17NO7/c1-19-9-4-7(5-10(20-2)11(9)16)12(17)14-8(6-15)13(18)21-3/h4-5,8,15-16H,6H2,1-3H3,(H,14,17)/t8-/m0/s1. The summed E-state index contributed by atoms with van der Waals surface area (Å²) >= 11 is 0. The van der Waals surface area contributed by atoms with E-state index in [-0.39, 0.29) is 22.8 Å². The van der Waals surface area contributed by atoms with E-state index in [1.807, 2.05) is 0 Å². The average molecular weight is 299 g/mol. The van der Waals surface area contributed by atoms with Crippen molar-refractivity contribution in [2.24, 2.45) is 0 Å². The Labute approximate surface area is 121 Å². The number of rotatable bonds is 6. The molecule has 0 fully saturated rings. The molecule has 1 aromatic rings. The number of ether oxygens (including phenoxy) is 3. The number of esters is 1. The minimum absolute atomic E-state index is 0.0399. The highest BCUT2D eigenvalue weighted by Gasteiger charge is 2.23. The first-order valence-corrected chi connectivity index (χ1v) is 5.93. The molecule has 0 bridgehead atoms. The van der Waals surface area contributed by atoms with E-state index in [1.54, 1.807) is 0 Å². The molecule has 1 amide bonds. The molecular formula is C13H17NO7. The third kappa shape index (κ3) is 3.76. The van der Waals surface area contributed by atoms with Crippen molar-refractivity contribution in [3.05, 3.63) is 17.7 Å². The Hall–Kier alpha value is -2.48. The maximum absolute atomic E-state index is 12.1. The lowest BCUT2D eigenvalue weighted by Gasteiger charge is -2.15. The van der Waals surface area contributed by atoms with Gasteiger partial charge in [0, 0.05) is 5.56 Å². The van der Waals surface area contributed by atoms with Crippen molar-refractivity contribution < 1.29 is 34.0 Å². The maximum Gasteiger partial charge on any atom is 0.330 e. The van der Waals surface area contributed by atoms with Crippen molar-refractivity contribution in [3.63, 3.8) is 0 Å². The third-order valence-corrected chi connectivity index (χ3v) is 2.72. The van der Waals surface area contributed by atoms with Gasteiger partial charge < -0.3 is 29.7 Å². The first kappa shape index (κ1) is 16.6. The molecule has 0 heterocycles. The van der Waals surface area contributed by atoms with Crippen LogP contribution in [0.4, 0.5) is 0 Å². The molecule has 21 heavy (non-hydrogen) atoms. The highest BCUT2D eigenvalue weighted by molar-refractivity contribution is 5.98. The van der Waals surface area contributed by atoms with E-state index in [4.69, 9.17) is 14.6 Å².